The van der Waals surface area contributed by atoms with Gasteiger partial charge in [-0.15, -0.1) is 0 Å². The van der Waals surface area contributed by atoms with E-state index in [4.69, 9.17) is 15.6 Å². The molecule has 0 aliphatic heterocycles. The number of aliphatic hydroxyl groups excluding tert-OH is 1. The number of primary amides is 1. The smallest absolute Gasteiger partial charge is 0.405 e. The van der Waals surface area contributed by atoms with Gasteiger partial charge in [-0.05, 0) is 92.1 Å². The number of rotatable bonds is 13. The summed E-state index contributed by atoms with van der Waals surface area (Å²) in [4.78, 5) is 26.1. The normalized spacial score (nSPS) is 10.8. The first-order chi connectivity index (χ1) is 22.9. The number of benzene rings is 3. The van der Waals surface area contributed by atoms with Crippen LogP contribution in [0.1, 0.15) is 83.9 Å². The van der Waals surface area contributed by atoms with Gasteiger partial charge in [0.15, 0.2) is 0 Å². The predicted octanol–water partition coefficient (Wildman–Crippen LogP) is 7.44. The van der Waals surface area contributed by atoms with Crippen LogP contribution < -0.4 is 25.6 Å². The van der Waals surface area contributed by atoms with E-state index < -0.39 is 11.7 Å². The maximum absolute atomic E-state index is 11.9. The number of ether oxygens (including phenoxy) is 2. The molecule has 0 radical (unpaired) electrons. The fourth-order valence-electron chi connectivity index (χ4n) is 4.39. The summed E-state index contributed by atoms with van der Waals surface area (Å²) < 4.78 is 10.5. The fourth-order valence-corrected chi connectivity index (χ4v) is 4.39. The lowest BCUT2D eigenvalue weighted by molar-refractivity contribution is -0.121. The van der Waals surface area contributed by atoms with Gasteiger partial charge in [-0.1, -0.05) is 64.1 Å². The monoisotopic (exact) mass is 678 g/mol. The van der Waals surface area contributed by atoms with Crippen molar-refractivity contribution in [1.29, 1.82) is 0 Å². The predicted molar refractivity (Wildman–Crippen MR) is 204 cm³/mol. The molecule has 2 amide bonds. The zero-order valence-electron chi connectivity index (χ0n) is 31.7. The van der Waals surface area contributed by atoms with Crippen molar-refractivity contribution in [2.45, 2.75) is 72.8 Å². The average molecular weight is 679 g/mol. The molecule has 272 valence electrons. The molecule has 0 atom stereocenters. The summed E-state index contributed by atoms with van der Waals surface area (Å²) in [6.07, 6.45) is 0.460. The van der Waals surface area contributed by atoms with Gasteiger partial charge in [0.2, 0.25) is 5.91 Å². The molecular weight excluding hydrogens is 616 g/mol. The van der Waals surface area contributed by atoms with E-state index in [-0.39, 0.29) is 11.8 Å². The number of hydrogen-bond donors (Lipinski definition) is 3. The van der Waals surface area contributed by atoms with Crippen LogP contribution in [0.25, 0.3) is 0 Å². The van der Waals surface area contributed by atoms with E-state index in [1.54, 1.807) is 20.8 Å². The van der Waals surface area contributed by atoms with E-state index >= 15 is 0 Å². The number of nitrogens with zero attached hydrogens (tertiary/aromatic N) is 2. The molecular formula is C40H62N4O5. The third kappa shape index (κ3) is 18.2. The Morgan fingerprint density at radius 2 is 1.16 bits per heavy atom. The summed E-state index contributed by atoms with van der Waals surface area (Å²) in [5, 5.41) is 11.1. The molecule has 0 unspecified atom stereocenters. The van der Waals surface area contributed by atoms with Crippen LogP contribution in [0.4, 0.5) is 16.2 Å². The first kappa shape index (κ1) is 42.8. The van der Waals surface area contributed by atoms with E-state index in [0.717, 1.165) is 12.3 Å². The van der Waals surface area contributed by atoms with Crippen LogP contribution in [0.2, 0.25) is 0 Å². The first-order valence-electron chi connectivity index (χ1n) is 17.1. The van der Waals surface area contributed by atoms with Crippen LogP contribution in [0, 0.1) is 11.8 Å². The lowest BCUT2D eigenvalue weighted by Crippen LogP contribution is -2.27. The summed E-state index contributed by atoms with van der Waals surface area (Å²) in [7, 11) is 8.24. The molecule has 4 N–H and O–H groups in total. The number of amides is 2. The average Bonchev–Trinajstić information content (AvgIpc) is 3.03. The lowest BCUT2D eigenvalue weighted by Gasteiger charge is -2.22. The van der Waals surface area contributed by atoms with Gasteiger partial charge in [0.1, 0.15) is 11.4 Å². The standard InChI is InChI=1S/C31H41N3O2.C5H11NO2.C4H10O/c1-23(2)22-32-30(35)8-7-21-36-29-19-13-26(14-20-29)31(24-9-15-27(16-10-24)33(3)4)25-11-17-28(18-12-25)34(5)6;1-5(2,3)8-4(6)7;1-4(2)3-5/h9-20,23,31H,7-8,21-22H2,1-6H3,(H,32,35);1-3H3,(H2,6,7);4-5H,3H2,1-2H3. The summed E-state index contributed by atoms with van der Waals surface area (Å²) in [5.74, 6) is 1.94. The van der Waals surface area contributed by atoms with Crippen molar-refractivity contribution in [2.75, 3.05) is 57.7 Å². The summed E-state index contributed by atoms with van der Waals surface area (Å²) >= 11 is 0. The molecule has 0 saturated carbocycles. The molecule has 0 spiro atoms. The summed E-state index contributed by atoms with van der Waals surface area (Å²) in [6.45, 7) is 15.0. The zero-order chi connectivity index (χ0) is 37.1. The molecule has 0 heterocycles. The number of aliphatic hydroxyl groups is 1. The molecule has 49 heavy (non-hydrogen) atoms. The fraction of sp³-hybridized carbons (Fsp3) is 0.500. The number of anilines is 2. The number of carbonyl (C=O) groups is 2. The Labute approximate surface area is 295 Å². The number of carbonyl (C=O) groups excluding carboxylic acids is 2. The Balaban J connectivity index is 0.000000780. The molecule has 0 aliphatic carbocycles. The maximum atomic E-state index is 11.9. The van der Waals surface area contributed by atoms with E-state index in [9.17, 15) is 9.59 Å². The lowest BCUT2D eigenvalue weighted by atomic mass is 9.85. The van der Waals surface area contributed by atoms with Crippen molar-refractivity contribution >= 4 is 23.4 Å². The highest BCUT2D eigenvalue weighted by Gasteiger charge is 2.18. The van der Waals surface area contributed by atoms with Crippen LogP contribution in [0.5, 0.6) is 5.75 Å². The molecule has 3 aromatic rings. The molecule has 0 aromatic heterocycles. The second kappa shape index (κ2) is 21.7. The Kier molecular flexibility index (Phi) is 18.9. The summed E-state index contributed by atoms with van der Waals surface area (Å²) in [6, 6.07) is 25.9. The van der Waals surface area contributed by atoms with Gasteiger partial charge in [0, 0.05) is 65.1 Å². The minimum absolute atomic E-state index is 0.0889. The van der Waals surface area contributed by atoms with Crippen molar-refractivity contribution < 1.29 is 24.2 Å². The third-order valence-electron chi connectivity index (χ3n) is 7.00. The molecule has 0 aliphatic rings. The minimum Gasteiger partial charge on any atom is -0.494 e. The zero-order valence-corrected chi connectivity index (χ0v) is 31.7. The van der Waals surface area contributed by atoms with E-state index in [1.165, 1.54) is 28.1 Å². The van der Waals surface area contributed by atoms with Crippen molar-refractivity contribution in [3.63, 3.8) is 0 Å². The maximum Gasteiger partial charge on any atom is 0.405 e. The SMILES string of the molecule is CC(C)(C)OC(N)=O.CC(C)CNC(=O)CCCOc1ccc(C(c2ccc(N(C)C)cc2)c2ccc(N(C)C)cc2)cc1.CC(C)CO. The highest BCUT2D eigenvalue weighted by Crippen LogP contribution is 2.34. The second-order valence-corrected chi connectivity index (χ2v) is 14.2. The molecule has 0 fully saturated rings. The van der Waals surface area contributed by atoms with E-state index in [0.29, 0.717) is 37.9 Å². The second-order valence-electron chi connectivity index (χ2n) is 14.2. The van der Waals surface area contributed by atoms with Crippen LogP contribution in [0.15, 0.2) is 72.8 Å². The summed E-state index contributed by atoms with van der Waals surface area (Å²) in [5.41, 5.74) is 10.3. The van der Waals surface area contributed by atoms with Gasteiger partial charge in [0.05, 0.1) is 6.61 Å². The van der Waals surface area contributed by atoms with Gasteiger partial charge >= 0.3 is 6.09 Å². The van der Waals surface area contributed by atoms with Crippen molar-refractivity contribution in [3.8, 4) is 5.75 Å². The molecule has 3 rings (SSSR count). The highest BCUT2D eigenvalue weighted by molar-refractivity contribution is 5.75. The van der Waals surface area contributed by atoms with Gasteiger partial charge in [0.25, 0.3) is 0 Å². The Morgan fingerprint density at radius 3 is 1.47 bits per heavy atom. The number of hydrogen-bond acceptors (Lipinski definition) is 7. The Hall–Kier alpha value is -4.24. The van der Waals surface area contributed by atoms with Crippen LogP contribution in [-0.2, 0) is 9.53 Å². The van der Waals surface area contributed by atoms with Gasteiger partial charge in [-0.25, -0.2) is 4.79 Å². The quantitative estimate of drug-likeness (QED) is 0.127. The molecule has 9 nitrogen and oxygen atoms in total. The van der Waals surface area contributed by atoms with Crippen LogP contribution in [0.3, 0.4) is 0 Å². The highest BCUT2D eigenvalue weighted by atomic mass is 16.6. The van der Waals surface area contributed by atoms with E-state index in [2.05, 4.69) is 123 Å². The Morgan fingerprint density at radius 1 is 0.755 bits per heavy atom. The number of nitrogens with one attached hydrogen (secondary N) is 1. The Bertz CT molecular complexity index is 1300. The van der Waals surface area contributed by atoms with Gasteiger partial charge in [-0.3, -0.25) is 4.79 Å². The van der Waals surface area contributed by atoms with E-state index in [1.807, 2.05) is 26.0 Å². The van der Waals surface area contributed by atoms with Gasteiger partial charge in [-0.2, -0.15) is 0 Å². The first-order valence-corrected chi connectivity index (χ1v) is 17.1. The molecule has 0 bridgehead atoms. The van der Waals surface area contributed by atoms with Crippen molar-refractivity contribution in [2.24, 2.45) is 17.6 Å². The minimum atomic E-state index is -0.725. The largest absolute Gasteiger partial charge is 0.494 e. The third-order valence-corrected chi connectivity index (χ3v) is 7.00. The van der Waals surface area contributed by atoms with Gasteiger partial charge < -0.3 is 35.4 Å². The number of nitrogens with two attached hydrogens (primary N) is 1. The molecule has 3 aromatic carbocycles. The molecule has 9 heteroatoms. The van der Waals surface area contributed by atoms with Crippen molar-refractivity contribution in [3.05, 3.63) is 89.5 Å². The topological polar surface area (TPSA) is 117 Å². The van der Waals surface area contributed by atoms with Crippen LogP contribution in [-0.4, -0.2) is 70.7 Å². The van der Waals surface area contributed by atoms with Crippen LogP contribution >= 0.6 is 0 Å². The van der Waals surface area contributed by atoms with Crippen molar-refractivity contribution in [1.82, 2.24) is 5.32 Å². The molecule has 0 saturated heterocycles.